The zero-order valence-corrected chi connectivity index (χ0v) is 10.4. The highest BCUT2D eigenvalue weighted by atomic mass is 16.5. The van der Waals surface area contributed by atoms with Crippen molar-refractivity contribution in [3.05, 3.63) is 36.8 Å². The summed E-state index contributed by atoms with van der Waals surface area (Å²) >= 11 is 0. The molecule has 0 aliphatic carbocycles. The SMILES string of the molecule is [CH2]CCCc1ccccc1OCCCCC. The van der Waals surface area contributed by atoms with E-state index in [0.717, 1.165) is 38.0 Å². The fraction of sp³-hybridized carbons (Fsp3) is 0.533. The molecule has 0 N–H and O–H groups in total. The van der Waals surface area contributed by atoms with Crippen molar-refractivity contribution in [2.45, 2.75) is 45.4 Å². The predicted octanol–water partition coefficient (Wildman–Crippen LogP) is 4.41. The highest BCUT2D eigenvalue weighted by Crippen LogP contribution is 2.20. The minimum atomic E-state index is 0.842. The zero-order chi connectivity index (χ0) is 11.6. The van der Waals surface area contributed by atoms with Gasteiger partial charge in [0.15, 0.2) is 0 Å². The Kier molecular flexibility index (Phi) is 6.71. The molecule has 0 saturated carbocycles. The molecule has 0 atom stereocenters. The number of benzene rings is 1. The van der Waals surface area contributed by atoms with Crippen LogP contribution in [0.4, 0.5) is 0 Å². The minimum Gasteiger partial charge on any atom is -0.493 e. The van der Waals surface area contributed by atoms with Crippen LogP contribution in [0.1, 0.15) is 44.6 Å². The van der Waals surface area contributed by atoms with E-state index in [0.29, 0.717) is 0 Å². The van der Waals surface area contributed by atoms with Gasteiger partial charge in [0.2, 0.25) is 0 Å². The Balaban J connectivity index is 2.43. The lowest BCUT2D eigenvalue weighted by Gasteiger charge is -2.10. The number of hydrogen-bond donors (Lipinski definition) is 0. The van der Waals surface area contributed by atoms with Crippen molar-refractivity contribution in [1.82, 2.24) is 0 Å². The molecule has 1 heteroatoms. The first-order valence-electron chi connectivity index (χ1n) is 6.38. The van der Waals surface area contributed by atoms with Crippen LogP contribution in [-0.4, -0.2) is 6.61 Å². The quantitative estimate of drug-likeness (QED) is 0.588. The lowest BCUT2D eigenvalue weighted by atomic mass is 10.1. The second-order valence-electron chi connectivity index (χ2n) is 4.12. The van der Waals surface area contributed by atoms with Crippen LogP contribution in [0.2, 0.25) is 0 Å². The molecular weight excluding hydrogens is 196 g/mol. The molecule has 0 aliphatic heterocycles. The van der Waals surface area contributed by atoms with Gasteiger partial charge < -0.3 is 4.74 Å². The van der Waals surface area contributed by atoms with Gasteiger partial charge >= 0.3 is 0 Å². The first kappa shape index (κ1) is 13.1. The molecular formula is C15H23O. The van der Waals surface area contributed by atoms with Crippen molar-refractivity contribution in [1.29, 1.82) is 0 Å². The molecule has 0 heterocycles. The largest absolute Gasteiger partial charge is 0.493 e. The Morgan fingerprint density at radius 2 is 1.94 bits per heavy atom. The fourth-order valence-electron chi connectivity index (χ4n) is 1.70. The number of para-hydroxylation sites is 1. The van der Waals surface area contributed by atoms with Gasteiger partial charge in [-0.3, -0.25) is 0 Å². The van der Waals surface area contributed by atoms with Crippen LogP contribution < -0.4 is 4.74 Å². The number of hydrogen-bond acceptors (Lipinski definition) is 1. The van der Waals surface area contributed by atoms with Crippen LogP contribution in [0.5, 0.6) is 5.75 Å². The van der Waals surface area contributed by atoms with Gasteiger partial charge in [0.05, 0.1) is 6.61 Å². The molecule has 0 aromatic heterocycles. The molecule has 1 aromatic carbocycles. The van der Waals surface area contributed by atoms with Crippen molar-refractivity contribution in [3.63, 3.8) is 0 Å². The molecule has 0 bridgehead atoms. The van der Waals surface area contributed by atoms with Crippen LogP contribution in [-0.2, 0) is 6.42 Å². The molecule has 16 heavy (non-hydrogen) atoms. The van der Waals surface area contributed by atoms with E-state index in [1.54, 1.807) is 0 Å². The summed E-state index contributed by atoms with van der Waals surface area (Å²) in [6.45, 7) is 6.93. The molecule has 89 valence electrons. The molecule has 0 amide bonds. The van der Waals surface area contributed by atoms with Crippen molar-refractivity contribution in [3.8, 4) is 5.75 Å². The first-order valence-corrected chi connectivity index (χ1v) is 6.38. The van der Waals surface area contributed by atoms with Gasteiger partial charge in [-0.2, -0.15) is 0 Å². The topological polar surface area (TPSA) is 9.23 Å². The van der Waals surface area contributed by atoms with Crippen LogP contribution in [0.3, 0.4) is 0 Å². The summed E-state index contributed by atoms with van der Waals surface area (Å²) in [6.07, 6.45) is 6.85. The Bertz CT molecular complexity index is 281. The number of ether oxygens (including phenoxy) is 1. The van der Waals surface area contributed by atoms with Crippen LogP contribution in [0.15, 0.2) is 24.3 Å². The molecule has 1 nitrogen and oxygen atoms in total. The molecule has 0 saturated heterocycles. The Labute approximate surface area is 99.8 Å². The van der Waals surface area contributed by atoms with Gasteiger partial charge in [-0.25, -0.2) is 0 Å². The normalized spacial score (nSPS) is 10.4. The predicted molar refractivity (Wildman–Crippen MR) is 69.8 cm³/mol. The van der Waals surface area contributed by atoms with Crippen LogP contribution in [0.25, 0.3) is 0 Å². The van der Waals surface area contributed by atoms with Crippen molar-refractivity contribution >= 4 is 0 Å². The minimum absolute atomic E-state index is 0.842. The zero-order valence-electron chi connectivity index (χ0n) is 10.4. The summed E-state index contributed by atoms with van der Waals surface area (Å²) < 4.78 is 5.82. The molecule has 1 radical (unpaired) electrons. The highest BCUT2D eigenvalue weighted by molar-refractivity contribution is 5.33. The average molecular weight is 219 g/mol. The summed E-state index contributed by atoms with van der Waals surface area (Å²) in [5.41, 5.74) is 1.32. The maximum absolute atomic E-state index is 5.82. The van der Waals surface area contributed by atoms with E-state index in [-0.39, 0.29) is 0 Å². The third kappa shape index (κ3) is 4.69. The second kappa shape index (κ2) is 8.20. The summed E-state index contributed by atoms with van der Waals surface area (Å²) in [7, 11) is 0. The van der Waals surface area contributed by atoms with Crippen molar-refractivity contribution in [2.75, 3.05) is 6.61 Å². The van der Waals surface area contributed by atoms with Crippen LogP contribution in [0, 0.1) is 6.92 Å². The van der Waals surface area contributed by atoms with Crippen molar-refractivity contribution < 1.29 is 4.74 Å². The van der Waals surface area contributed by atoms with Gasteiger partial charge in [-0.1, -0.05) is 51.3 Å². The number of unbranched alkanes of at least 4 members (excludes halogenated alkanes) is 3. The van der Waals surface area contributed by atoms with E-state index in [2.05, 4.69) is 32.0 Å². The van der Waals surface area contributed by atoms with Gasteiger partial charge in [0, 0.05) is 0 Å². The summed E-state index contributed by atoms with van der Waals surface area (Å²) in [5.74, 6) is 1.06. The van der Waals surface area contributed by atoms with E-state index in [4.69, 9.17) is 4.74 Å². The maximum Gasteiger partial charge on any atom is 0.122 e. The Morgan fingerprint density at radius 1 is 1.12 bits per heavy atom. The standard InChI is InChI=1S/C15H23O/c1-3-5-9-13-16-15-12-8-7-11-14(15)10-6-4-2/h7-8,11-12H,2-6,9-10,13H2,1H3. The molecule has 1 aromatic rings. The van der Waals surface area contributed by atoms with Gasteiger partial charge in [0.1, 0.15) is 5.75 Å². The fourth-order valence-corrected chi connectivity index (χ4v) is 1.70. The second-order valence-corrected chi connectivity index (χ2v) is 4.12. The monoisotopic (exact) mass is 219 g/mol. The molecule has 0 spiro atoms. The first-order chi connectivity index (χ1) is 7.88. The maximum atomic E-state index is 5.82. The third-order valence-corrected chi connectivity index (χ3v) is 2.67. The average Bonchev–Trinajstić information content (AvgIpc) is 2.33. The van der Waals surface area contributed by atoms with E-state index >= 15 is 0 Å². The van der Waals surface area contributed by atoms with E-state index in [1.165, 1.54) is 18.4 Å². The smallest absolute Gasteiger partial charge is 0.122 e. The number of aryl methyl sites for hydroxylation is 1. The van der Waals surface area contributed by atoms with Gasteiger partial charge in [-0.15, -0.1) is 0 Å². The lowest BCUT2D eigenvalue weighted by Crippen LogP contribution is -2.00. The summed E-state index contributed by atoms with van der Waals surface area (Å²) in [4.78, 5) is 0. The highest BCUT2D eigenvalue weighted by Gasteiger charge is 2.01. The Hall–Kier alpha value is -0.980. The van der Waals surface area contributed by atoms with Crippen molar-refractivity contribution in [2.24, 2.45) is 0 Å². The van der Waals surface area contributed by atoms with Gasteiger partial charge in [-0.05, 0) is 30.9 Å². The third-order valence-electron chi connectivity index (χ3n) is 2.67. The summed E-state index contributed by atoms with van der Waals surface area (Å²) in [5, 5.41) is 0. The van der Waals surface area contributed by atoms with E-state index in [1.807, 2.05) is 6.07 Å². The molecule has 0 fully saturated rings. The molecule has 0 aliphatic rings. The van der Waals surface area contributed by atoms with E-state index in [9.17, 15) is 0 Å². The van der Waals surface area contributed by atoms with Crippen LogP contribution >= 0.6 is 0 Å². The molecule has 1 rings (SSSR count). The molecule has 0 unspecified atom stereocenters. The Morgan fingerprint density at radius 3 is 2.69 bits per heavy atom. The van der Waals surface area contributed by atoms with E-state index < -0.39 is 0 Å². The summed E-state index contributed by atoms with van der Waals surface area (Å²) in [6, 6.07) is 8.36. The number of rotatable bonds is 8. The van der Waals surface area contributed by atoms with Gasteiger partial charge in [0.25, 0.3) is 0 Å². The lowest BCUT2D eigenvalue weighted by molar-refractivity contribution is 0.303.